The zero-order valence-electron chi connectivity index (χ0n) is 6.86. The molecule has 12 heavy (non-hydrogen) atoms. The summed E-state index contributed by atoms with van der Waals surface area (Å²) in [6.45, 7) is 4.64. The van der Waals surface area contributed by atoms with Crippen molar-refractivity contribution < 1.29 is 18.3 Å². The highest BCUT2D eigenvalue weighted by Crippen LogP contribution is 2.02. The van der Waals surface area contributed by atoms with E-state index in [1.54, 1.807) is 0 Å². The Kier molecular flexibility index (Phi) is 3.95. The number of carboxylic acids is 1. The second-order valence-electron chi connectivity index (χ2n) is 2.60. The molecule has 0 aliphatic carbocycles. The predicted octanol–water partition coefficient (Wildman–Crippen LogP) is 0.308. The van der Waals surface area contributed by atoms with E-state index in [0.717, 1.165) is 0 Å². The Bertz CT molecular complexity index is 265. The smallest absolute Gasteiger partial charge is 0.307 e. The minimum absolute atomic E-state index is 0.162. The highest BCUT2D eigenvalue weighted by molar-refractivity contribution is 7.91. The zero-order valence-corrected chi connectivity index (χ0v) is 7.67. The standard InChI is InChI=1S/C7H12O4S/c1-3-4-12(10,11)5-6(2)7(8)9/h3,6H,1,4-5H2,2H3,(H,8,9). The average molecular weight is 192 g/mol. The second-order valence-corrected chi connectivity index (χ2v) is 4.76. The van der Waals surface area contributed by atoms with Gasteiger partial charge in [0, 0.05) is 0 Å². The van der Waals surface area contributed by atoms with Gasteiger partial charge in [0.25, 0.3) is 0 Å². The molecular weight excluding hydrogens is 180 g/mol. The number of sulfone groups is 1. The van der Waals surface area contributed by atoms with Crippen LogP contribution in [0.15, 0.2) is 12.7 Å². The van der Waals surface area contributed by atoms with E-state index in [1.807, 2.05) is 0 Å². The fourth-order valence-electron chi connectivity index (χ4n) is 0.700. The molecular formula is C7H12O4S. The average Bonchev–Trinajstić information content (AvgIpc) is 1.85. The van der Waals surface area contributed by atoms with Crippen LogP contribution in [0.5, 0.6) is 0 Å². The molecule has 0 saturated heterocycles. The van der Waals surface area contributed by atoms with Gasteiger partial charge in [-0.25, -0.2) is 8.42 Å². The lowest BCUT2D eigenvalue weighted by atomic mass is 10.2. The first-order valence-electron chi connectivity index (χ1n) is 3.43. The molecule has 5 heteroatoms. The van der Waals surface area contributed by atoms with Gasteiger partial charge < -0.3 is 5.11 Å². The Morgan fingerprint density at radius 2 is 2.17 bits per heavy atom. The lowest BCUT2D eigenvalue weighted by Gasteiger charge is -2.04. The summed E-state index contributed by atoms with van der Waals surface area (Å²) in [4.78, 5) is 10.3. The van der Waals surface area contributed by atoms with Crippen molar-refractivity contribution in [2.24, 2.45) is 5.92 Å². The van der Waals surface area contributed by atoms with Gasteiger partial charge in [0.05, 0.1) is 17.4 Å². The van der Waals surface area contributed by atoms with Crippen LogP contribution in [0, 0.1) is 5.92 Å². The number of carboxylic acid groups (broad SMARTS) is 1. The van der Waals surface area contributed by atoms with Crippen molar-refractivity contribution in [3.05, 3.63) is 12.7 Å². The first-order valence-corrected chi connectivity index (χ1v) is 5.25. The third kappa shape index (κ3) is 4.12. The maximum absolute atomic E-state index is 11.0. The van der Waals surface area contributed by atoms with E-state index in [1.165, 1.54) is 13.0 Å². The van der Waals surface area contributed by atoms with E-state index in [4.69, 9.17) is 5.11 Å². The number of hydrogen-bond acceptors (Lipinski definition) is 3. The normalized spacial score (nSPS) is 13.8. The summed E-state index contributed by atoms with van der Waals surface area (Å²) in [5, 5.41) is 8.42. The molecule has 0 saturated carbocycles. The number of hydrogen-bond donors (Lipinski definition) is 1. The van der Waals surface area contributed by atoms with Gasteiger partial charge in [0.1, 0.15) is 0 Å². The van der Waals surface area contributed by atoms with Crippen LogP contribution < -0.4 is 0 Å². The molecule has 0 aliphatic heterocycles. The molecule has 0 aromatic carbocycles. The van der Waals surface area contributed by atoms with Gasteiger partial charge in [-0.05, 0) is 0 Å². The van der Waals surface area contributed by atoms with Crippen molar-refractivity contribution in [1.29, 1.82) is 0 Å². The summed E-state index contributed by atoms with van der Waals surface area (Å²) < 4.78 is 22.0. The van der Waals surface area contributed by atoms with Crippen LogP contribution in [0.25, 0.3) is 0 Å². The molecule has 0 aromatic rings. The Morgan fingerprint density at radius 1 is 1.67 bits per heavy atom. The zero-order chi connectivity index (χ0) is 9.78. The van der Waals surface area contributed by atoms with Crippen LogP contribution in [-0.2, 0) is 14.6 Å². The predicted molar refractivity (Wildman–Crippen MR) is 45.7 cm³/mol. The van der Waals surface area contributed by atoms with Gasteiger partial charge in [0.2, 0.25) is 0 Å². The lowest BCUT2D eigenvalue weighted by Crippen LogP contribution is -2.22. The topological polar surface area (TPSA) is 71.4 Å². The molecule has 1 N–H and O–H groups in total. The summed E-state index contributed by atoms with van der Waals surface area (Å²) in [7, 11) is -3.27. The van der Waals surface area contributed by atoms with Gasteiger partial charge in [-0.15, -0.1) is 6.58 Å². The van der Waals surface area contributed by atoms with Crippen LogP contribution in [0.2, 0.25) is 0 Å². The second kappa shape index (κ2) is 4.25. The fraction of sp³-hybridized carbons (Fsp3) is 0.571. The van der Waals surface area contributed by atoms with E-state index >= 15 is 0 Å². The van der Waals surface area contributed by atoms with E-state index < -0.39 is 21.7 Å². The molecule has 0 spiro atoms. The van der Waals surface area contributed by atoms with Crippen molar-refractivity contribution in [2.75, 3.05) is 11.5 Å². The van der Waals surface area contributed by atoms with Crippen molar-refractivity contribution >= 4 is 15.8 Å². The summed E-state index contributed by atoms with van der Waals surface area (Å²) in [6.07, 6.45) is 1.25. The van der Waals surface area contributed by atoms with Crippen LogP contribution in [0.4, 0.5) is 0 Å². The van der Waals surface area contributed by atoms with Gasteiger partial charge in [-0.3, -0.25) is 4.79 Å². The highest BCUT2D eigenvalue weighted by Gasteiger charge is 2.19. The molecule has 0 aliphatic rings. The van der Waals surface area contributed by atoms with E-state index in [2.05, 4.69) is 6.58 Å². The Hall–Kier alpha value is -0.840. The third-order valence-electron chi connectivity index (χ3n) is 1.30. The third-order valence-corrected chi connectivity index (χ3v) is 3.05. The minimum Gasteiger partial charge on any atom is -0.481 e. The molecule has 4 nitrogen and oxygen atoms in total. The summed E-state index contributed by atoms with van der Waals surface area (Å²) in [6, 6.07) is 0. The number of aliphatic carboxylic acids is 1. The Labute approximate surface area is 71.8 Å². The van der Waals surface area contributed by atoms with Gasteiger partial charge in [-0.2, -0.15) is 0 Å². The van der Waals surface area contributed by atoms with Crippen molar-refractivity contribution in [1.82, 2.24) is 0 Å². The van der Waals surface area contributed by atoms with Gasteiger partial charge in [0.15, 0.2) is 9.84 Å². The lowest BCUT2D eigenvalue weighted by molar-refractivity contribution is -0.140. The molecule has 1 unspecified atom stereocenters. The van der Waals surface area contributed by atoms with E-state index in [-0.39, 0.29) is 11.5 Å². The van der Waals surface area contributed by atoms with Gasteiger partial charge in [-0.1, -0.05) is 13.0 Å². The van der Waals surface area contributed by atoms with Crippen molar-refractivity contribution in [3.63, 3.8) is 0 Å². The largest absolute Gasteiger partial charge is 0.481 e. The number of rotatable bonds is 5. The Morgan fingerprint density at radius 3 is 2.50 bits per heavy atom. The molecule has 0 fully saturated rings. The maximum atomic E-state index is 11.0. The minimum atomic E-state index is -3.27. The highest BCUT2D eigenvalue weighted by atomic mass is 32.2. The molecule has 0 aromatic heterocycles. The molecule has 0 bridgehead atoms. The fourth-order valence-corrected chi connectivity index (χ4v) is 2.10. The molecule has 1 atom stereocenters. The van der Waals surface area contributed by atoms with Gasteiger partial charge >= 0.3 is 5.97 Å². The van der Waals surface area contributed by atoms with Crippen LogP contribution >= 0.6 is 0 Å². The summed E-state index contributed by atoms with van der Waals surface area (Å²) >= 11 is 0. The van der Waals surface area contributed by atoms with E-state index in [0.29, 0.717) is 0 Å². The molecule has 0 rings (SSSR count). The van der Waals surface area contributed by atoms with Crippen LogP contribution in [0.3, 0.4) is 0 Å². The SMILES string of the molecule is C=CCS(=O)(=O)CC(C)C(=O)O. The maximum Gasteiger partial charge on any atom is 0.307 e. The molecule has 0 radical (unpaired) electrons. The monoisotopic (exact) mass is 192 g/mol. The summed E-state index contributed by atoms with van der Waals surface area (Å²) in [5.41, 5.74) is 0. The Balaban J connectivity index is 4.25. The first kappa shape index (κ1) is 11.2. The quantitative estimate of drug-likeness (QED) is 0.636. The van der Waals surface area contributed by atoms with Crippen molar-refractivity contribution in [2.45, 2.75) is 6.92 Å². The van der Waals surface area contributed by atoms with Crippen LogP contribution in [0.1, 0.15) is 6.92 Å². The molecule has 70 valence electrons. The van der Waals surface area contributed by atoms with Crippen LogP contribution in [-0.4, -0.2) is 31.0 Å². The number of carbonyl (C=O) groups is 1. The summed E-state index contributed by atoms with van der Waals surface area (Å²) in [5.74, 6) is -2.43. The molecule has 0 amide bonds. The molecule has 0 heterocycles. The van der Waals surface area contributed by atoms with E-state index in [9.17, 15) is 13.2 Å². The van der Waals surface area contributed by atoms with Crippen molar-refractivity contribution in [3.8, 4) is 0 Å². The first-order chi connectivity index (χ1) is 5.39.